The maximum absolute atomic E-state index is 8.24. The summed E-state index contributed by atoms with van der Waals surface area (Å²) in [5, 5.41) is 6.76. The third-order valence-corrected chi connectivity index (χ3v) is 2.03. The minimum absolute atomic E-state index is 0. The van der Waals surface area contributed by atoms with Crippen LogP contribution >= 0.6 is 25.6 Å². The van der Waals surface area contributed by atoms with Crippen LogP contribution in [0, 0.1) is 0 Å². The SMILES string of the molecule is O=[C-]O.SN1CCN(S)CC1.[K+]. The molecule has 1 aliphatic rings. The predicted octanol–water partition coefficient (Wildman–Crippen LogP) is -3.09. The van der Waals surface area contributed by atoms with Gasteiger partial charge in [-0.1, -0.05) is 32.1 Å². The molecule has 0 radical (unpaired) electrons. The molecule has 0 bridgehead atoms. The Labute approximate surface area is 126 Å². The molecule has 1 rings (SSSR count). The fourth-order valence-electron chi connectivity index (χ4n) is 0.685. The Kier molecular flexibility index (Phi) is 14.6. The van der Waals surface area contributed by atoms with Crippen molar-refractivity contribution in [2.24, 2.45) is 0 Å². The van der Waals surface area contributed by atoms with Crippen LogP contribution in [0.3, 0.4) is 0 Å². The van der Waals surface area contributed by atoms with Crippen molar-refractivity contribution < 1.29 is 61.3 Å². The van der Waals surface area contributed by atoms with E-state index >= 15 is 0 Å². The zero-order valence-corrected chi connectivity index (χ0v) is 11.9. The van der Waals surface area contributed by atoms with Gasteiger partial charge < -0.3 is 9.90 Å². The second-order valence-electron chi connectivity index (χ2n) is 2.00. The van der Waals surface area contributed by atoms with Gasteiger partial charge in [0.25, 0.3) is 0 Å². The second-order valence-corrected chi connectivity index (χ2v) is 3.13. The predicted molar refractivity (Wildman–Crippen MR) is 49.4 cm³/mol. The molecule has 4 nitrogen and oxygen atoms in total. The molecule has 1 heterocycles. The van der Waals surface area contributed by atoms with Crippen LogP contribution in [0.4, 0.5) is 0 Å². The van der Waals surface area contributed by atoms with Crippen molar-refractivity contribution in [2.45, 2.75) is 0 Å². The third-order valence-electron chi connectivity index (χ3n) is 1.23. The molecule has 0 atom stereocenters. The van der Waals surface area contributed by atoms with E-state index in [9.17, 15) is 0 Å². The zero-order chi connectivity index (χ0) is 8.69. The van der Waals surface area contributed by atoms with Crippen LogP contribution in [0.1, 0.15) is 0 Å². The van der Waals surface area contributed by atoms with Gasteiger partial charge in [0.1, 0.15) is 0 Å². The molecular formula is C5H11KN2O2S2. The van der Waals surface area contributed by atoms with Crippen molar-refractivity contribution in [3.63, 3.8) is 0 Å². The molecule has 0 aromatic carbocycles. The van der Waals surface area contributed by atoms with Crippen LogP contribution in [-0.2, 0) is 4.79 Å². The molecule has 1 saturated heterocycles. The molecule has 12 heavy (non-hydrogen) atoms. The van der Waals surface area contributed by atoms with Gasteiger partial charge >= 0.3 is 51.4 Å². The topological polar surface area (TPSA) is 43.8 Å². The van der Waals surface area contributed by atoms with Crippen LogP contribution in [0.5, 0.6) is 0 Å². The van der Waals surface area contributed by atoms with Crippen molar-refractivity contribution in [3.8, 4) is 0 Å². The minimum Gasteiger partial charge on any atom is -0.665 e. The van der Waals surface area contributed by atoms with Crippen LogP contribution in [0.25, 0.3) is 0 Å². The van der Waals surface area contributed by atoms with Gasteiger partial charge in [-0.3, -0.25) is 8.61 Å². The molecule has 1 aliphatic heterocycles. The number of hydrogen-bond acceptors (Lipinski definition) is 5. The monoisotopic (exact) mass is 234 g/mol. The summed E-state index contributed by atoms with van der Waals surface area (Å²) in [6.07, 6.45) is 0. The first kappa shape index (κ1) is 16.2. The zero-order valence-electron chi connectivity index (χ0n) is 6.97. The Morgan fingerprint density at radius 1 is 1.08 bits per heavy atom. The molecule has 0 amide bonds. The Hall–Kier alpha value is 1.73. The van der Waals surface area contributed by atoms with Crippen LogP contribution < -0.4 is 51.4 Å². The van der Waals surface area contributed by atoms with Crippen LogP contribution in [0.2, 0.25) is 0 Å². The Morgan fingerprint density at radius 2 is 1.25 bits per heavy atom. The first-order valence-corrected chi connectivity index (χ1v) is 3.89. The van der Waals surface area contributed by atoms with Gasteiger partial charge in [-0.15, -0.1) is 0 Å². The smallest absolute Gasteiger partial charge is 0.665 e. The summed E-state index contributed by atoms with van der Waals surface area (Å²) in [7, 11) is 0. The maximum atomic E-state index is 8.24. The van der Waals surface area contributed by atoms with Crippen molar-refractivity contribution in [1.82, 2.24) is 8.61 Å². The summed E-state index contributed by atoms with van der Waals surface area (Å²) in [6, 6.07) is 0. The van der Waals surface area contributed by atoms with Crippen molar-refractivity contribution in [3.05, 3.63) is 0 Å². The number of aliphatic hydroxyl groups excluding tert-OH is 1. The fraction of sp³-hybridized carbons (Fsp3) is 0.800. The van der Waals surface area contributed by atoms with E-state index in [2.05, 4.69) is 25.6 Å². The van der Waals surface area contributed by atoms with Gasteiger partial charge in [-0.05, 0) is 0 Å². The van der Waals surface area contributed by atoms with E-state index < -0.39 is 0 Å². The van der Waals surface area contributed by atoms with E-state index in [0.717, 1.165) is 26.2 Å². The summed E-state index contributed by atoms with van der Waals surface area (Å²) >= 11 is 8.35. The molecule has 0 aromatic rings. The number of piperazine rings is 1. The number of hydrogen-bond donors (Lipinski definition) is 3. The Bertz CT molecular complexity index is 102. The molecule has 0 aliphatic carbocycles. The molecule has 66 valence electrons. The summed E-state index contributed by atoms with van der Waals surface area (Å²) in [5.41, 5.74) is 0. The fourth-order valence-corrected chi connectivity index (χ4v) is 1.04. The summed E-state index contributed by atoms with van der Waals surface area (Å²) in [4.78, 5) is 8.24. The Morgan fingerprint density at radius 3 is 1.42 bits per heavy atom. The second kappa shape index (κ2) is 10.8. The molecule has 1 N–H and O–H groups in total. The van der Waals surface area contributed by atoms with Gasteiger partial charge in [-0.2, -0.15) is 0 Å². The largest absolute Gasteiger partial charge is 1.00 e. The van der Waals surface area contributed by atoms with Crippen molar-refractivity contribution in [2.75, 3.05) is 26.2 Å². The van der Waals surface area contributed by atoms with E-state index in [0.29, 0.717) is 6.47 Å². The van der Waals surface area contributed by atoms with Gasteiger partial charge in [0.05, 0.1) is 0 Å². The quantitative estimate of drug-likeness (QED) is 0.236. The average molecular weight is 234 g/mol. The first-order valence-electron chi connectivity index (χ1n) is 3.09. The van der Waals surface area contributed by atoms with E-state index in [1.807, 2.05) is 8.61 Å². The standard InChI is InChI=1S/C4H10N2S2.CHO2.K/c7-5-1-2-6(8)4-3-5;2-1-3;/h7-8H,1-4H2;(H,2,3);/q;-1;+1. The average Bonchev–Trinajstić information content (AvgIpc) is 1.97. The van der Waals surface area contributed by atoms with E-state index in [1.165, 1.54) is 0 Å². The van der Waals surface area contributed by atoms with Crippen molar-refractivity contribution in [1.29, 1.82) is 0 Å². The number of nitrogens with zero attached hydrogens (tertiary/aromatic N) is 2. The molecular weight excluding hydrogens is 223 g/mol. The van der Waals surface area contributed by atoms with Crippen molar-refractivity contribution >= 4 is 32.1 Å². The van der Waals surface area contributed by atoms with E-state index in [-0.39, 0.29) is 51.4 Å². The van der Waals surface area contributed by atoms with Gasteiger partial charge in [0.15, 0.2) is 0 Å². The molecule has 0 aromatic heterocycles. The normalized spacial score (nSPS) is 18.5. The summed E-state index contributed by atoms with van der Waals surface area (Å²) < 4.78 is 4.01. The first-order chi connectivity index (χ1) is 5.20. The summed E-state index contributed by atoms with van der Waals surface area (Å²) in [5.74, 6) is 0. The number of rotatable bonds is 0. The van der Waals surface area contributed by atoms with Crippen LogP contribution in [0.15, 0.2) is 0 Å². The molecule has 0 saturated carbocycles. The van der Waals surface area contributed by atoms with Gasteiger partial charge in [-0.25, -0.2) is 0 Å². The summed E-state index contributed by atoms with van der Waals surface area (Å²) in [6.45, 7) is 4.58. The Balaban J connectivity index is 0. The molecule has 0 spiro atoms. The molecule has 7 heteroatoms. The molecule has 1 fully saturated rings. The van der Waals surface area contributed by atoms with Crippen LogP contribution in [-0.4, -0.2) is 46.4 Å². The van der Waals surface area contributed by atoms with E-state index in [1.54, 1.807) is 0 Å². The third kappa shape index (κ3) is 9.81. The van der Waals surface area contributed by atoms with E-state index in [4.69, 9.17) is 9.90 Å². The van der Waals surface area contributed by atoms with Gasteiger partial charge in [0.2, 0.25) is 0 Å². The maximum Gasteiger partial charge on any atom is 1.00 e. The number of thiol groups is 2. The molecule has 0 unspecified atom stereocenters. The minimum atomic E-state index is 0. The van der Waals surface area contributed by atoms with Gasteiger partial charge in [0, 0.05) is 26.2 Å².